The second kappa shape index (κ2) is 4.66. The largest absolute Gasteiger partial charge is 0.330 e. The minimum atomic E-state index is 0.515. The summed E-state index contributed by atoms with van der Waals surface area (Å²) in [6.45, 7) is 6.85. The van der Waals surface area contributed by atoms with E-state index < -0.39 is 0 Å². The number of nitrogens with two attached hydrogens (primary N) is 1. The van der Waals surface area contributed by atoms with Crippen molar-refractivity contribution in [2.24, 2.45) is 16.6 Å². The van der Waals surface area contributed by atoms with Gasteiger partial charge in [-0.15, -0.1) is 0 Å². The van der Waals surface area contributed by atoms with Gasteiger partial charge in [-0.05, 0) is 62.4 Å². The molecule has 94 valence electrons. The molecule has 2 heteroatoms. The van der Waals surface area contributed by atoms with Gasteiger partial charge < -0.3 is 11.1 Å². The summed E-state index contributed by atoms with van der Waals surface area (Å²) >= 11 is 0. The second-order valence-electron chi connectivity index (χ2n) is 6.87. The third-order valence-corrected chi connectivity index (χ3v) is 4.90. The van der Waals surface area contributed by atoms with E-state index in [0.717, 1.165) is 12.6 Å². The Morgan fingerprint density at radius 2 is 2.00 bits per heavy atom. The van der Waals surface area contributed by atoms with Crippen LogP contribution in [0.25, 0.3) is 0 Å². The Labute approximate surface area is 100 Å². The highest BCUT2D eigenvalue weighted by atomic mass is 14.9. The summed E-state index contributed by atoms with van der Waals surface area (Å²) in [5.41, 5.74) is 6.96. The molecule has 0 heterocycles. The zero-order valence-corrected chi connectivity index (χ0v) is 11.0. The van der Waals surface area contributed by atoms with E-state index in [1.165, 1.54) is 51.5 Å². The lowest BCUT2D eigenvalue weighted by atomic mass is 9.67. The zero-order chi connectivity index (χ0) is 11.6. The minimum Gasteiger partial charge on any atom is -0.330 e. The average molecular weight is 224 g/mol. The first-order valence-electron chi connectivity index (χ1n) is 6.99. The molecule has 3 N–H and O–H groups in total. The fourth-order valence-electron chi connectivity index (χ4n) is 3.38. The molecule has 0 aromatic carbocycles. The smallest absolute Gasteiger partial charge is 0.00723 e. The lowest BCUT2D eigenvalue weighted by Crippen LogP contribution is -2.41. The Morgan fingerprint density at radius 3 is 2.44 bits per heavy atom. The van der Waals surface area contributed by atoms with Crippen LogP contribution in [0.15, 0.2) is 0 Å². The van der Waals surface area contributed by atoms with Crippen molar-refractivity contribution in [1.82, 2.24) is 5.32 Å². The highest BCUT2D eigenvalue weighted by Gasteiger charge is 2.35. The zero-order valence-electron chi connectivity index (χ0n) is 11.0. The molecule has 0 amide bonds. The summed E-state index contributed by atoms with van der Waals surface area (Å²) in [6, 6.07) is 0.768. The van der Waals surface area contributed by atoms with Gasteiger partial charge in [0.1, 0.15) is 0 Å². The molecule has 2 aliphatic rings. The molecule has 0 aromatic heterocycles. The minimum absolute atomic E-state index is 0.515. The molecule has 2 fully saturated rings. The van der Waals surface area contributed by atoms with Crippen LogP contribution < -0.4 is 11.1 Å². The van der Waals surface area contributed by atoms with E-state index in [9.17, 15) is 0 Å². The van der Waals surface area contributed by atoms with Crippen molar-refractivity contribution in [1.29, 1.82) is 0 Å². The first-order valence-corrected chi connectivity index (χ1v) is 6.99. The van der Waals surface area contributed by atoms with Crippen LogP contribution in [-0.4, -0.2) is 19.1 Å². The second-order valence-corrected chi connectivity index (χ2v) is 6.87. The van der Waals surface area contributed by atoms with Gasteiger partial charge in [0.2, 0.25) is 0 Å². The highest BCUT2D eigenvalue weighted by molar-refractivity contribution is 4.91. The van der Waals surface area contributed by atoms with Crippen molar-refractivity contribution >= 4 is 0 Å². The van der Waals surface area contributed by atoms with Crippen molar-refractivity contribution in [3.8, 4) is 0 Å². The fourth-order valence-corrected chi connectivity index (χ4v) is 3.38. The van der Waals surface area contributed by atoms with Crippen LogP contribution in [0.1, 0.15) is 58.8 Å². The summed E-state index contributed by atoms with van der Waals surface area (Å²) in [5, 5.41) is 3.74. The maximum atomic E-state index is 5.88. The van der Waals surface area contributed by atoms with Crippen LogP contribution in [0, 0.1) is 10.8 Å². The van der Waals surface area contributed by atoms with Crippen molar-refractivity contribution < 1.29 is 0 Å². The Bertz CT molecular complexity index is 225. The van der Waals surface area contributed by atoms with E-state index in [4.69, 9.17) is 5.73 Å². The Hall–Kier alpha value is -0.0800. The summed E-state index contributed by atoms with van der Waals surface area (Å²) in [7, 11) is 0. The van der Waals surface area contributed by atoms with E-state index in [2.05, 4.69) is 19.2 Å². The SMILES string of the molecule is CC1(C)CCC(NCCC2(CN)CCC2)C1. The third-order valence-electron chi connectivity index (χ3n) is 4.90. The molecule has 1 atom stereocenters. The summed E-state index contributed by atoms with van der Waals surface area (Å²) < 4.78 is 0. The van der Waals surface area contributed by atoms with E-state index in [0.29, 0.717) is 10.8 Å². The van der Waals surface area contributed by atoms with Gasteiger partial charge >= 0.3 is 0 Å². The van der Waals surface area contributed by atoms with E-state index in [1.54, 1.807) is 0 Å². The molecule has 0 bridgehead atoms. The van der Waals surface area contributed by atoms with Crippen molar-refractivity contribution in [3.05, 3.63) is 0 Å². The van der Waals surface area contributed by atoms with Gasteiger partial charge in [0.15, 0.2) is 0 Å². The first kappa shape index (κ1) is 12.4. The summed E-state index contributed by atoms with van der Waals surface area (Å²) in [4.78, 5) is 0. The standard InChI is InChI=1S/C14H28N2/c1-13(2)7-4-12(10-13)16-9-8-14(11-15)5-3-6-14/h12,16H,3-11,15H2,1-2H3. The molecule has 0 radical (unpaired) electrons. The predicted molar refractivity (Wildman–Crippen MR) is 69.4 cm³/mol. The quantitative estimate of drug-likeness (QED) is 0.753. The molecule has 2 nitrogen and oxygen atoms in total. The van der Waals surface area contributed by atoms with E-state index >= 15 is 0 Å². The van der Waals surface area contributed by atoms with E-state index in [1.807, 2.05) is 0 Å². The lowest BCUT2D eigenvalue weighted by Gasteiger charge is -2.41. The third kappa shape index (κ3) is 2.78. The maximum absolute atomic E-state index is 5.88. The van der Waals surface area contributed by atoms with Crippen molar-refractivity contribution in [3.63, 3.8) is 0 Å². The summed E-state index contributed by atoms with van der Waals surface area (Å²) in [5.74, 6) is 0. The molecule has 0 saturated heterocycles. The number of hydrogen-bond donors (Lipinski definition) is 2. The maximum Gasteiger partial charge on any atom is 0.00723 e. The van der Waals surface area contributed by atoms with Crippen LogP contribution in [-0.2, 0) is 0 Å². The van der Waals surface area contributed by atoms with Gasteiger partial charge in [0.05, 0.1) is 0 Å². The first-order chi connectivity index (χ1) is 7.55. The van der Waals surface area contributed by atoms with Gasteiger partial charge in [-0.2, -0.15) is 0 Å². The van der Waals surface area contributed by atoms with Gasteiger partial charge in [0.25, 0.3) is 0 Å². The van der Waals surface area contributed by atoms with Crippen LogP contribution in [0.4, 0.5) is 0 Å². The van der Waals surface area contributed by atoms with Gasteiger partial charge in [-0.1, -0.05) is 20.3 Å². The van der Waals surface area contributed by atoms with Crippen LogP contribution >= 0.6 is 0 Å². The molecule has 2 saturated carbocycles. The molecule has 1 unspecified atom stereocenters. The highest BCUT2D eigenvalue weighted by Crippen LogP contribution is 2.43. The summed E-state index contributed by atoms with van der Waals surface area (Å²) in [6.07, 6.45) is 9.51. The van der Waals surface area contributed by atoms with Gasteiger partial charge in [-0.25, -0.2) is 0 Å². The molecular weight excluding hydrogens is 196 g/mol. The fraction of sp³-hybridized carbons (Fsp3) is 1.00. The molecule has 2 aliphatic carbocycles. The lowest BCUT2D eigenvalue weighted by molar-refractivity contribution is 0.128. The molecule has 0 spiro atoms. The monoisotopic (exact) mass is 224 g/mol. The Kier molecular flexibility index (Phi) is 3.60. The predicted octanol–water partition coefficient (Wildman–Crippen LogP) is 2.67. The van der Waals surface area contributed by atoms with Crippen molar-refractivity contribution in [2.75, 3.05) is 13.1 Å². The Morgan fingerprint density at radius 1 is 1.25 bits per heavy atom. The number of hydrogen-bond acceptors (Lipinski definition) is 2. The molecule has 2 rings (SSSR count). The van der Waals surface area contributed by atoms with Gasteiger partial charge in [0, 0.05) is 6.04 Å². The number of nitrogens with one attached hydrogen (secondary N) is 1. The topological polar surface area (TPSA) is 38.0 Å². The molecule has 0 aliphatic heterocycles. The Balaban J connectivity index is 1.65. The molecule has 16 heavy (non-hydrogen) atoms. The van der Waals surface area contributed by atoms with Gasteiger partial charge in [-0.3, -0.25) is 0 Å². The van der Waals surface area contributed by atoms with Crippen LogP contribution in [0.2, 0.25) is 0 Å². The van der Waals surface area contributed by atoms with E-state index in [-0.39, 0.29) is 0 Å². The van der Waals surface area contributed by atoms with Crippen molar-refractivity contribution in [2.45, 2.75) is 64.8 Å². The molecule has 0 aromatic rings. The number of rotatable bonds is 5. The average Bonchev–Trinajstić information content (AvgIpc) is 2.51. The molecular formula is C14H28N2. The van der Waals surface area contributed by atoms with Crippen LogP contribution in [0.5, 0.6) is 0 Å². The van der Waals surface area contributed by atoms with Crippen LogP contribution in [0.3, 0.4) is 0 Å². The normalized spacial score (nSPS) is 31.3.